The quantitative estimate of drug-likeness (QED) is 0.843. The number of benzene rings is 1. The van der Waals surface area contributed by atoms with Crippen LogP contribution in [0.4, 0.5) is 10.1 Å². The van der Waals surface area contributed by atoms with Crippen molar-refractivity contribution < 1.29 is 18.3 Å². The second-order valence-electron chi connectivity index (χ2n) is 7.10. The van der Waals surface area contributed by atoms with Crippen molar-refractivity contribution in [3.8, 4) is 0 Å². The van der Waals surface area contributed by atoms with Gasteiger partial charge in [-0.05, 0) is 43.5 Å². The molecule has 0 aliphatic carbocycles. The van der Waals surface area contributed by atoms with Crippen molar-refractivity contribution in [2.45, 2.75) is 30.9 Å². The van der Waals surface area contributed by atoms with Crippen LogP contribution in [0.5, 0.6) is 0 Å². The van der Waals surface area contributed by atoms with Crippen LogP contribution >= 0.6 is 0 Å². The minimum absolute atomic E-state index is 0.115. The molecule has 2 saturated heterocycles. The van der Waals surface area contributed by atoms with Crippen molar-refractivity contribution in [3.05, 3.63) is 48.4 Å². The first-order valence-electron chi connectivity index (χ1n) is 8.86. The number of hydrogen-bond donors (Lipinski definition) is 0. The van der Waals surface area contributed by atoms with E-state index in [9.17, 15) is 9.18 Å². The van der Waals surface area contributed by atoms with Gasteiger partial charge in [0.25, 0.3) is 5.91 Å². The van der Waals surface area contributed by atoms with E-state index in [0.29, 0.717) is 19.7 Å². The number of piperidine rings is 1. The predicted octanol–water partition coefficient (Wildman–Crippen LogP) is 2.71. The number of carbonyl (C=O) groups is 1. The molecule has 2 aliphatic heterocycles. The van der Waals surface area contributed by atoms with E-state index in [4.69, 9.17) is 9.15 Å². The summed E-state index contributed by atoms with van der Waals surface area (Å²) >= 11 is 0. The van der Waals surface area contributed by atoms with Crippen LogP contribution in [0.15, 0.2) is 41.3 Å². The Morgan fingerprint density at radius 3 is 2.69 bits per heavy atom. The van der Waals surface area contributed by atoms with Gasteiger partial charge >= 0.3 is 0 Å². The number of halogens is 1. The number of carbonyl (C=O) groups excluding carboxylic acids is 1. The highest BCUT2D eigenvalue weighted by atomic mass is 19.1. The molecular formula is C19H22FN3O3. The zero-order chi connectivity index (χ0) is 18.1. The lowest BCUT2D eigenvalue weighted by molar-refractivity contribution is -0.0392. The first-order chi connectivity index (χ1) is 12.6. The molecule has 3 heterocycles. The Morgan fingerprint density at radius 2 is 2.04 bits per heavy atom. The number of nitrogens with zero attached hydrogens (tertiary/aromatic N) is 3. The maximum Gasteiger partial charge on any atom is 0.291 e. The van der Waals surface area contributed by atoms with Gasteiger partial charge in [-0.3, -0.25) is 4.79 Å². The van der Waals surface area contributed by atoms with Crippen LogP contribution in [-0.4, -0.2) is 54.2 Å². The second-order valence-corrected chi connectivity index (χ2v) is 7.10. The van der Waals surface area contributed by atoms with Crippen molar-refractivity contribution in [1.29, 1.82) is 0 Å². The number of likely N-dealkylation sites (tertiary alicyclic amines) is 1. The molecule has 26 heavy (non-hydrogen) atoms. The SMILES string of the molecule is CN(c1ccc(F)cc1)[C@H]1COC2(CCN(C(=O)c3cnco3)CC2)C1. The van der Waals surface area contributed by atoms with E-state index >= 15 is 0 Å². The van der Waals surface area contributed by atoms with Gasteiger partial charge in [0.05, 0.1) is 24.4 Å². The van der Waals surface area contributed by atoms with E-state index in [-0.39, 0.29) is 29.1 Å². The number of amides is 1. The fourth-order valence-electron chi connectivity index (χ4n) is 3.90. The summed E-state index contributed by atoms with van der Waals surface area (Å²) in [6.07, 6.45) is 5.24. The average molecular weight is 359 g/mol. The van der Waals surface area contributed by atoms with Gasteiger partial charge < -0.3 is 19.0 Å². The van der Waals surface area contributed by atoms with Gasteiger partial charge in [0.15, 0.2) is 6.39 Å². The highest BCUT2D eigenvalue weighted by Gasteiger charge is 2.44. The van der Waals surface area contributed by atoms with Crippen LogP contribution in [-0.2, 0) is 4.74 Å². The molecule has 1 atom stereocenters. The first kappa shape index (κ1) is 17.0. The van der Waals surface area contributed by atoms with Crippen molar-refractivity contribution in [2.24, 2.45) is 0 Å². The number of hydrogen-bond acceptors (Lipinski definition) is 5. The van der Waals surface area contributed by atoms with E-state index in [2.05, 4.69) is 9.88 Å². The number of ether oxygens (including phenoxy) is 1. The highest BCUT2D eigenvalue weighted by molar-refractivity contribution is 5.91. The number of aromatic nitrogens is 1. The number of oxazole rings is 1. The molecular weight excluding hydrogens is 337 g/mol. The maximum atomic E-state index is 13.1. The van der Waals surface area contributed by atoms with E-state index in [1.54, 1.807) is 17.0 Å². The molecule has 2 fully saturated rings. The third-order valence-corrected chi connectivity index (χ3v) is 5.58. The lowest BCUT2D eigenvalue weighted by Crippen LogP contribution is -2.47. The van der Waals surface area contributed by atoms with Gasteiger partial charge in [-0.25, -0.2) is 9.37 Å². The second kappa shape index (κ2) is 6.72. The summed E-state index contributed by atoms with van der Waals surface area (Å²) in [6.45, 7) is 1.93. The number of rotatable bonds is 3. The lowest BCUT2D eigenvalue weighted by atomic mass is 9.87. The van der Waals surface area contributed by atoms with E-state index in [1.807, 2.05) is 7.05 Å². The lowest BCUT2D eigenvalue weighted by Gasteiger charge is -2.38. The minimum Gasteiger partial charge on any atom is -0.438 e. The summed E-state index contributed by atoms with van der Waals surface area (Å²) in [5, 5.41) is 0. The molecule has 138 valence electrons. The van der Waals surface area contributed by atoms with Crippen molar-refractivity contribution >= 4 is 11.6 Å². The summed E-state index contributed by atoms with van der Waals surface area (Å²) < 4.78 is 24.4. The third kappa shape index (κ3) is 3.19. The zero-order valence-corrected chi connectivity index (χ0v) is 14.7. The fourth-order valence-corrected chi connectivity index (χ4v) is 3.90. The highest BCUT2D eigenvalue weighted by Crippen LogP contribution is 2.38. The van der Waals surface area contributed by atoms with Gasteiger partial charge in [0.2, 0.25) is 5.76 Å². The Kier molecular flexibility index (Phi) is 4.40. The predicted molar refractivity (Wildman–Crippen MR) is 93.5 cm³/mol. The van der Waals surface area contributed by atoms with Crippen LogP contribution in [0.3, 0.4) is 0 Å². The van der Waals surface area contributed by atoms with Gasteiger partial charge in [-0.1, -0.05) is 0 Å². The summed E-state index contributed by atoms with van der Waals surface area (Å²) in [5.41, 5.74) is 0.798. The molecule has 1 aromatic heterocycles. The number of likely N-dealkylation sites (N-methyl/N-ethyl adjacent to an activating group) is 1. The Morgan fingerprint density at radius 1 is 1.31 bits per heavy atom. The summed E-state index contributed by atoms with van der Waals surface area (Å²) in [5.74, 6) is -0.0670. The summed E-state index contributed by atoms with van der Waals surface area (Å²) in [7, 11) is 2.02. The van der Waals surface area contributed by atoms with Crippen LogP contribution < -0.4 is 4.90 Å². The molecule has 1 aromatic carbocycles. The van der Waals surface area contributed by atoms with Crippen LogP contribution in [0, 0.1) is 5.82 Å². The molecule has 6 nitrogen and oxygen atoms in total. The smallest absolute Gasteiger partial charge is 0.291 e. The molecule has 1 amide bonds. The molecule has 0 unspecified atom stereocenters. The van der Waals surface area contributed by atoms with Gasteiger partial charge in [-0.2, -0.15) is 0 Å². The molecule has 2 aliphatic rings. The standard InChI is InChI=1S/C19H22FN3O3/c1-22(15-4-2-14(20)3-5-15)16-10-19(26-12-16)6-8-23(9-7-19)18(24)17-11-21-13-25-17/h2-5,11,13,16H,6-10,12H2,1H3/t16-/m1/s1. The van der Waals surface area contributed by atoms with E-state index < -0.39 is 0 Å². The van der Waals surface area contributed by atoms with Gasteiger partial charge in [0, 0.05) is 25.8 Å². The van der Waals surface area contributed by atoms with Crippen LogP contribution in [0.25, 0.3) is 0 Å². The molecule has 1 spiro atoms. The Hall–Kier alpha value is -2.41. The molecule has 0 N–H and O–H groups in total. The van der Waals surface area contributed by atoms with Crippen molar-refractivity contribution in [1.82, 2.24) is 9.88 Å². The minimum atomic E-state index is -0.231. The average Bonchev–Trinajstić information content (AvgIpc) is 3.33. The molecule has 0 saturated carbocycles. The number of anilines is 1. The first-order valence-corrected chi connectivity index (χ1v) is 8.86. The molecule has 2 aromatic rings. The molecule has 7 heteroatoms. The van der Waals surface area contributed by atoms with Crippen molar-refractivity contribution in [2.75, 3.05) is 31.6 Å². The molecule has 4 rings (SSSR count). The van der Waals surface area contributed by atoms with Gasteiger partial charge in [0.1, 0.15) is 5.82 Å². The largest absolute Gasteiger partial charge is 0.438 e. The maximum absolute atomic E-state index is 13.1. The van der Waals surface area contributed by atoms with Crippen LogP contribution in [0.2, 0.25) is 0 Å². The molecule has 0 radical (unpaired) electrons. The summed E-state index contributed by atoms with van der Waals surface area (Å²) in [6, 6.07) is 6.78. The van der Waals surface area contributed by atoms with Crippen molar-refractivity contribution in [3.63, 3.8) is 0 Å². The Labute approximate surface area is 151 Å². The topological polar surface area (TPSA) is 58.8 Å². The fraction of sp³-hybridized carbons (Fsp3) is 0.474. The normalized spacial score (nSPS) is 21.9. The third-order valence-electron chi connectivity index (χ3n) is 5.58. The van der Waals surface area contributed by atoms with E-state index in [0.717, 1.165) is 24.9 Å². The Balaban J connectivity index is 1.36. The Bertz CT molecular complexity index is 755. The van der Waals surface area contributed by atoms with E-state index in [1.165, 1.54) is 24.7 Å². The zero-order valence-electron chi connectivity index (χ0n) is 14.7. The van der Waals surface area contributed by atoms with Gasteiger partial charge in [-0.15, -0.1) is 0 Å². The summed E-state index contributed by atoms with van der Waals surface area (Å²) in [4.78, 5) is 20.1. The monoisotopic (exact) mass is 359 g/mol. The van der Waals surface area contributed by atoms with Crippen LogP contribution in [0.1, 0.15) is 29.8 Å². The molecule has 0 bridgehead atoms.